The van der Waals surface area contributed by atoms with Crippen LogP contribution in [0.5, 0.6) is 5.75 Å². The zero-order valence-electron chi connectivity index (χ0n) is 12.8. The largest absolute Gasteiger partial charge is 0.487 e. The van der Waals surface area contributed by atoms with Gasteiger partial charge in [0.15, 0.2) is 5.75 Å². The Balaban J connectivity index is 0.00000242. The highest BCUT2D eigenvalue weighted by molar-refractivity contribution is 5.85. The molecule has 0 unspecified atom stereocenters. The van der Waals surface area contributed by atoms with E-state index in [1.165, 1.54) is 6.07 Å². The maximum Gasteiger partial charge on any atom is 0.310 e. The van der Waals surface area contributed by atoms with E-state index in [0.29, 0.717) is 12.4 Å². The molecular weight excluding hydrogens is 308 g/mol. The Morgan fingerprint density at radius 3 is 2.73 bits per heavy atom. The number of nitro benzene ring substituents is 1. The lowest BCUT2D eigenvalue weighted by Gasteiger charge is -2.26. The summed E-state index contributed by atoms with van der Waals surface area (Å²) in [5.74, 6) is 0.367. The van der Waals surface area contributed by atoms with Gasteiger partial charge in [-0.15, -0.1) is 12.4 Å². The predicted molar refractivity (Wildman–Crippen MR) is 87.1 cm³/mol. The van der Waals surface area contributed by atoms with Gasteiger partial charge in [0.25, 0.3) is 0 Å². The van der Waals surface area contributed by atoms with Crippen LogP contribution in [0.1, 0.15) is 18.4 Å². The van der Waals surface area contributed by atoms with Gasteiger partial charge in [-0.1, -0.05) is 6.07 Å². The molecular formula is C15H23ClN2O4. The minimum atomic E-state index is -0.400. The highest BCUT2D eigenvalue weighted by Gasteiger charge is 2.14. The van der Waals surface area contributed by atoms with Crippen molar-refractivity contribution in [1.29, 1.82) is 0 Å². The van der Waals surface area contributed by atoms with Crippen molar-refractivity contribution >= 4 is 18.1 Å². The van der Waals surface area contributed by atoms with E-state index in [0.717, 1.165) is 51.3 Å². The first-order valence-corrected chi connectivity index (χ1v) is 7.35. The lowest BCUT2D eigenvalue weighted by atomic mass is 10.2. The molecule has 0 saturated carbocycles. The summed E-state index contributed by atoms with van der Waals surface area (Å²) in [7, 11) is 0. The summed E-state index contributed by atoms with van der Waals surface area (Å²) in [5.41, 5.74) is 0.998. The van der Waals surface area contributed by atoms with Gasteiger partial charge in [-0.25, -0.2) is 0 Å². The number of nitrogens with zero attached hydrogens (tertiary/aromatic N) is 2. The highest BCUT2D eigenvalue weighted by Crippen LogP contribution is 2.27. The van der Waals surface area contributed by atoms with Crippen LogP contribution >= 0.6 is 12.4 Å². The van der Waals surface area contributed by atoms with Crippen molar-refractivity contribution in [2.75, 3.05) is 39.5 Å². The molecule has 1 fully saturated rings. The van der Waals surface area contributed by atoms with Crippen LogP contribution in [0.3, 0.4) is 0 Å². The summed E-state index contributed by atoms with van der Waals surface area (Å²) in [5, 5.41) is 10.9. The first-order chi connectivity index (χ1) is 10.2. The number of unbranched alkanes of at least 4 members (excludes halogenated alkanes) is 1. The summed E-state index contributed by atoms with van der Waals surface area (Å²) in [6.07, 6.45) is 1.92. The highest BCUT2D eigenvalue weighted by atomic mass is 35.5. The van der Waals surface area contributed by atoms with Gasteiger partial charge < -0.3 is 9.47 Å². The van der Waals surface area contributed by atoms with E-state index in [4.69, 9.17) is 9.47 Å². The van der Waals surface area contributed by atoms with Crippen LogP contribution in [0.4, 0.5) is 5.69 Å². The summed E-state index contributed by atoms with van der Waals surface area (Å²) in [4.78, 5) is 12.9. The second-order valence-electron chi connectivity index (χ2n) is 5.24. The summed E-state index contributed by atoms with van der Waals surface area (Å²) in [6.45, 7) is 7.04. The Labute approximate surface area is 137 Å². The summed E-state index contributed by atoms with van der Waals surface area (Å²) < 4.78 is 10.9. The molecule has 7 heteroatoms. The standard InChI is InChI=1S/C15H22N2O4.ClH/c1-13-4-5-14(17(18)19)15(12-13)21-9-3-2-6-16-7-10-20-11-8-16;/h4-5,12H,2-3,6-11H2,1H3;1H. The summed E-state index contributed by atoms with van der Waals surface area (Å²) in [6, 6.07) is 4.95. The number of ether oxygens (including phenoxy) is 2. The molecule has 0 bridgehead atoms. The van der Waals surface area contributed by atoms with Crippen LogP contribution in [0.15, 0.2) is 18.2 Å². The molecule has 1 aromatic carbocycles. The second-order valence-corrected chi connectivity index (χ2v) is 5.24. The molecule has 1 heterocycles. The lowest BCUT2D eigenvalue weighted by Crippen LogP contribution is -2.36. The van der Waals surface area contributed by atoms with Crippen molar-refractivity contribution in [2.24, 2.45) is 0 Å². The third-order valence-corrected chi connectivity index (χ3v) is 3.54. The maximum atomic E-state index is 10.9. The van der Waals surface area contributed by atoms with Gasteiger partial charge in [0.2, 0.25) is 0 Å². The van der Waals surface area contributed by atoms with E-state index in [-0.39, 0.29) is 18.1 Å². The molecule has 0 spiro atoms. The minimum Gasteiger partial charge on any atom is -0.487 e. The maximum absolute atomic E-state index is 10.9. The molecule has 1 aromatic rings. The second kappa shape index (κ2) is 9.61. The minimum absolute atomic E-state index is 0. The Kier molecular flexibility index (Phi) is 8.16. The van der Waals surface area contributed by atoms with Crippen molar-refractivity contribution in [3.63, 3.8) is 0 Å². The van der Waals surface area contributed by atoms with Crippen LogP contribution in [0.25, 0.3) is 0 Å². The predicted octanol–water partition coefficient (Wildman–Crippen LogP) is 2.82. The number of nitro groups is 1. The van der Waals surface area contributed by atoms with Gasteiger partial charge in [0.1, 0.15) is 0 Å². The van der Waals surface area contributed by atoms with Crippen molar-refractivity contribution < 1.29 is 14.4 Å². The monoisotopic (exact) mass is 330 g/mol. The van der Waals surface area contributed by atoms with Crippen LogP contribution in [0.2, 0.25) is 0 Å². The molecule has 0 aliphatic carbocycles. The molecule has 0 amide bonds. The van der Waals surface area contributed by atoms with Gasteiger partial charge in [0.05, 0.1) is 24.7 Å². The van der Waals surface area contributed by atoms with Gasteiger partial charge >= 0.3 is 5.69 Å². The fourth-order valence-electron chi connectivity index (χ4n) is 2.33. The number of hydrogen-bond donors (Lipinski definition) is 0. The summed E-state index contributed by atoms with van der Waals surface area (Å²) >= 11 is 0. The quantitative estimate of drug-likeness (QED) is 0.437. The average molecular weight is 331 g/mol. The molecule has 22 heavy (non-hydrogen) atoms. The Hall–Kier alpha value is -1.37. The van der Waals surface area contributed by atoms with E-state index in [1.54, 1.807) is 12.1 Å². The zero-order valence-corrected chi connectivity index (χ0v) is 13.6. The van der Waals surface area contributed by atoms with Crippen molar-refractivity contribution in [2.45, 2.75) is 19.8 Å². The van der Waals surface area contributed by atoms with E-state index in [2.05, 4.69) is 4.90 Å². The Bertz CT molecular complexity index is 479. The lowest BCUT2D eigenvalue weighted by molar-refractivity contribution is -0.385. The third kappa shape index (κ3) is 5.79. The number of aryl methyl sites for hydroxylation is 1. The molecule has 1 aliphatic heterocycles. The number of rotatable bonds is 7. The molecule has 2 rings (SSSR count). The van der Waals surface area contributed by atoms with Crippen LogP contribution in [0, 0.1) is 17.0 Å². The van der Waals surface area contributed by atoms with Gasteiger partial charge in [-0.2, -0.15) is 0 Å². The van der Waals surface area contributed by atoms with E-state index >= 15 is 0 Å². The van der Waals surface area contributed by atoms with Crippen LogP contribution < -0.4 is 4.74 Å². The molecule has 6 nitrogen and oxygen atoms in total. The topological polar surface area (TPSA) is 64.8 Å². The first-order valence-electron chi connectivity index (χ1n) is 7.35. The number of halogens is 1. The smallest absolute Gasteiger partial charge is 0.310 e. The van der Waals surface area contributed by atoms with Crippen molar-refractivity contribution in [1.82, 2.24) is 4.90 Å². The van der Waals surface area contributed by atoms with E-state index in [1.807, 2.05) is 6.92 Å². The fraction of sp³-hybridized carbons (Fsp3) is 0.600. The van der Waals surface area contributed by atoms with Crippen molar-refractivity contribution in [3.05, 3.63) is 33.9 Å². The first kappa shape index (κ1) is 18.7. The number of hydrogen-bond acceptors (Lipinski definition) is 5. The molecule has 0 radical (unpaired) electrons. The van der Waals surface area contributed by atoms with Gasteiger partial charge in [0, 0.05) is 19.2 Å². The fourth-order valence-corrected chi connectivity index (χ4v) is 2.33. The van der Waals surface area contributed by atoms with Gasteiger partial charge in [-0.3, -0.25) is 15.0 Å². The zero-order chi connectivity index (χ0) is 15.1. The molecule has 124 valence electrons. The van der Waals surface area contributed by atoms with Crippen LogP contribution in [-0.2, 0) is 4.74 Å². The molecule has 1 aliphatic rings. The average Bonchev–Trinajstić information content (AvgIpc) is 2.48. The Morgan fingerprint density at radius 2 is 2.05 bits per heavy atom. The normalized spacial score (nSPS) is 15.1. The third-order valence-electron chi connectivity index (χ3n) is 3.54. The molecule has 0 N–H and O–H groups in total. The number of benzene rings is 1. The molecule has 0 aromatic heterocycles. The molecule has 1 saturated heterocycles. The molecule has 0 atom stereocenters. The van der Waals surface area contributed by atoms with Crippen LogP contribution in [-0.4, -0.2) is 49.3 Å². The van der Waals surface area contributed by atoms with E-state index in [9.17, 15) is 10.1 Å². The van der Waals surface area contributed by atoms with Crippen molar-refractivity contribution in [3.8, 4) is 5.75 Å². The van der Waals surface area contributed by atoms with Gasteiger partial charge in [-0.05, 0) is 37.9 Å². The number of morpholine rings is 1. The Morgan fingerprint density at radius 1 is 1.32 bits per heavy atom. The van der Waals surface area contributed by atoms with E-state index < -0.39 is 4.92 Å². The SMILES string of the molecule is Cc1ccc([N+](=O)[O-])c(OCCCCN2CCOCC2)c1.Cl.